The first-order valence-electron chi connectivity index (χ1n) is 5.79. The van der Waals surface area contributed by atoms with Crippen molar-refractivity contribution in [3.63, 3.8) is 0 Å². The van der Waals surface area contributed by atoms with Gasteiger partial charge in [0.15, 0.2) is 6.29 Å². The van der Waals surface area contributed by atoms with Crippen LogP contribution in [0.2, 0.25) is 5.02 Å². The van der Waals surface area contributed by atoms with Crippen molar-refractivity contribution in [1.29, 1.82) is 0 Å². The third kappa shape index (κ3) is 2.26. The second-order valence-corrected chi connectivity index (χ2v) is 5.72. The quantitative estimate of drug-likeness (QED) is 0.678. The van der Waals surface area contributed by atoms with Crippen LogP contribution in [0.1, 0.15) is 20.0 Å². The van der Waals surface area contributed by atoms with E-state index in [0.717, 1.165) is 11.3 Å². The zero-order valence-corrected chi connectivity index (χ0v) is 11.7. The van der Waals surface area contributed by atoms with E-state index in [1.165, 1.54) is 0 Å². The summed E-state index contributed by atoms with van der Waals surface area (Å²) in [6.45, 7) is 1.01. The third-order valence-electron chi connectivity index (χ3n) is 2.94. The molecule has 1 aliphatic rings. The van der Waals surface area contributed by atoms with Crippen molar-refractivity contribution in [2.24, 2.45) is 0 Å². The van der Waals surface area contributed by atoms with Gasteiger partial charge in [-0.25, -0.2) is 4.79 Å². The number of thiophene rings is 1. The smallest absolute Gasteiger partial charge is 0.347 e. The maximum atomic E-state index is 11.3. The predicted octanol–water partition coefficient (Wildman–Crippen LogP) is 2.84. The second-order valence-electron chi connectivity index (χ2n) is 4.29. The average Bonchev–Trinajstić information content (AvgIpc) is 3.19. The van der Waals surface area contributed by atoms with Crippen LogP contribution in [-0.2, 0) is 4.74 Å². The zero-order valence-electron chi connectivity index (χ0n) is 10.1. The molecule has 5 nitrogen and oxygen atoms in total. The summed E-state index contributed by atoms with van der Waals surface area (Å²) in [5.74, 6) is -0.721. The lowest BCUT2D eigenvalue weighted by Crippen LogP contribution is -2.05. The number of carbonyl (C=O) groups is 2. The molecule has 0 saturated carbocycles. The highest BCUT2D eigenvalue weighted by atomic mass is 35.5. The maximum absolute atomic E-state index is 11.3. The lowest BCUT2D eigenvalue weighted by molar-refractivity contribution is 0.0702. The van der Waals surface area contributed by atoms with Crippen LogP contribution in [0.4, 0.5) is 0 Å². The molecule has 1 aliphatic heterocycles. The van der Waals surface area contributed by atoms with Crippen LogP contribution in [-0.4, -0.2) is 36.7 Å². The first-order valence-corrected chi connectivity index (χ1v) is 6.99. The average molecular weight is 313 g/mol. The van der Waals surface area contributed by atoms with Gasteiger partial charge in [-0.2, -0.15) is 0 Å². The summed E-state index contributed by atoms with van der Waals surface area (Å²) in [6.07, 6.45) is 0.702. The molecule has 1 fully saturated rings. The number of carbonyl (C=O) groups excluding carboxylic acids is 1. The Balaban J connectivity index is 2.10. The van der Waals surface area contributed by atoms with Gasteiger partial charge in [0.05, 0.1) is 17.2 Å². The second kappa shape index (κ2) is 5.05. The van der Waals surface area contributed by atoms with E-state index in [9.17, 15) is 9.59 Å². The van der Waals surface area contributed by atoms with Gasteiger partial charge in [0, 0.05) is 10.1 Å². The van der Waals surface area contributed by atoms with Crippen LogP contribution in [0, 0.1) is 0 Å². The molecule has 1 aromatic carbocycles. The lowest BCUT2D eigenvalue weighted by Gasteiger charge is -2.08. The summed E-state index contributed by atoms with van der Waals surface area (Å²) in [5.41, 5.74) is 0.275. The number of hydrogen-bond donors (Lipinski definition) is 1. The van der Waals surface area contributed by atoms with Gasteiger partial charge >= 0.3 is 5.97 Å². The van der Waals surface area contributed by atoms with E-state index >= 15 is 0 Å². The Morgan fingerprint density at radius 2 is 2.35 bits per heavy atom. The normalized spacial score (nSPS) is 17.1. The molecule has 20 heavy (non-hydrogen) atoms. The molecule has 1 unspecified atom stereocenters. The van der Waals surface area contributed by atoms with Gasteiger partial charge in [-0.1, -0.05) is 11.6 Å². The molecule has 0 spiro atoms. The number of epoxide rings is 1. The van der Waals surface area contributed by atoms with Gasteiger partial charge < -0.3 is 14.6 Å². The number of aldehydes is 1. The Bertz CT molecular complexity index is 704. The topological polar surface area (TPSA) is 76.1 Å². The lowest BCUT2D eigenvalue weighted by atomic mass is 10.1. The van der Waals surface area contributed by atoms with Crippen LogP contribution in [0.15, 0.2) is 12.1 Å². The van der Waals surface area contributed by atoms with E-state index in [4.69, 9.17) is 26.2 Å². The number of halogens is 1. The van der Waals surface area contributed by atoms with E-state index in [-0.39, 0.29) is 21.6 Å². The highest BCUT2D eigenvalue weighted by Crippen LogP contribution is 2.40. The molecular weight excluding hydrogens is 304 g/mol. The molecule has 1 N–H and O–H groups in total. The molecule has 3 rings (SSSR count). The van der Waals surface area contributed by atoms with E-state index in [1.807, 2.05) is 0 Å². The van der Waals surface area contributed by atoms with Gasteiger partial charge in [0.25, 0.3) is 0 Å². The minimum Gasteiger partial charge on any atom is -0.490 e. The summed E-state index contributed by atoms with van der Waals surface area (Å²) < 4.78 is 11.2. The van der Waals surface area contributed by atoms with E-state index in [2.05, 4.69) is 0 Å². The van der Waals surface area contributed by atoms with Crippen LogP contribution in [0.5, 0.6) is 5.75 Å². The molecular formula is C13H9ClO5S. The monoisotopic (exact) mass is 312 g/mol. The number of aromatic carboxylic acids is 1. The number of fused-ring (bicyclic) bond motifs is 1. The molecule has 1 aromatic heterocycles. The number of hydrogen-bond acceptors (Lipinski definition) is 5. The van der Waals surface area contributed by atoms with Gasteiger partial charge in [0.1, 0.15) is 23.3 Å². The Morgan fingerprint density at radius 3 is 2.95 bits per heavy atom. The molecule has 1 saturated heterocycles. The van der Waals surface area contributed by atoms with Crippen molar-refractivity contribution < 1.29 is 24.2 Å². The molecule has 104 valence electrons. The minimum atomic E-state index is -1.11. The highest BCUT2D eigenvalue weighted by molar-refractivity contribution is 7.21. The predicted molar refractivity (Wildman–Crippen MR) is 74.4 cm³/mol. The van der Waals surface area contributed by atoms with Crippen molar-refractivity contribution in [2.45, 2.75) is 6.10 Å². The van der Waals surface area contributed by atoms with Crippen molar-refractivity contribution >= 4 is 45.3 Å². The van der Waals surface area contributed by atoms with Crippen molar-refractivity contribution in [3.05, 3.63) is 27.6 Å². The van der Waals surface area contributed by atoms with Crippen LogP contribution >= 0.6 is 22.9 Å². The highest BCUT2D eigenvalue weighted by Gasteiger charge is 2.25. The van der Waals surface area contributed by atoms with E-state index in [1.54, 1.807) is 12.1 Å². The fourth-order valence-electron chi connectivity index (χ4n) is 1.89. The largest absolute Gasteiger partial charge is 0.490 e. The number of ether oxygens (including phenoxy) is 2. The number of carboxylic acids is 1. The van der Waals surface area contributed by atoms with Crippen LogP contribution < -0.4 is 4.74 Å². The van der Waals surface area contributed by atoms with Gasteiger partial charge in [-0.3, -0.25) is 4.79 Å². The first kappa shape index (κ1) is 13.4. The summed E-state index contributed by atoms with van der Waals surface area (Å²) in [4.78, 5) is 22.4. The van der Waals surface area contributed by atoms with Gasteiger partial charge in [0.2, 0.25) is 0 Å². The van der Waals surface area contributed by atoms with Gasteiger partial charge in [-0.05, 0) is 12.1 Å². The Morgan fingerprint density at radius 1 is 1.60 bits per heavy atom. The Kier molecular flexibility index (Phi) is 3.37. The SMILES string of the molecule is O=Cc1c(OCC2CO2)ccc2sc(C(=O)O)c(Cl)c12. The summed E-state index contributed by atoms with van der Waals surface area (Å²) >= 11 is 7.11. The van der Waals surface area contributed by atoms with Gasteiger partial charge in [-0.15, -0.1) is 11.3 Å². The molecule has 2 heterocycles. The molecule has 1 atom stereocenters. The standard InChI is InChI=1S/C13H9ClO5S/c14-11-10-7(3-15)8(19-5-6-4-18-6)1-2-9(10)20-12(11)13(16)17/h1-3,6H,4-5H2,(H,16,17). The Labute approximate surface area is 122 Å². The van der Waals surface area contributed by atoms with Crippen molar-refractivity contribution in [3.8, 4) is 5.75 Å². The van der Waals surface area contributed by atoms with Crippen LogP contribution in [0.25, 0.3) is 10.1 Å². The number of rotatable bonds is 5. The molecule has 0 bridgehead atoms. The molecule has 7 heteroatoms. The molecule has 0 amide bonds. The first-order chi connectivity index (χ1) is 9.61. The molecule has 0 radical (unpaired) electrons. The number of benzene rings is 1. The van der Waals surface area contributed by atoms with Crippen LogP contribution in [0.3, 0.4) is 0 Å². The van der Waals surface area contributed by atoms with E-state index < -0.39 is 5.97 Å². The minimum absolute atomic E-state index is 0.0208. The van der Waals surface area contributed by atoms with Crippen molar-refractivity contribution in [2.75, 3.05) is 13.2 Å². The van der Waals surface area contributed by atoms with Crippen molar-refractivity contribution in [1.82, 2.24) is 0 Å². The number of carboxylic acid groups (broad SMARTS) is 1. The Hall–Kier alpha value is -1.63. The fourth-order valence-corrected chi connectivity index (χ4v) is 3.29. The molecule has 0 aliphatic carbocycles. The van der Waals surface area contributed by atoms with E-state index in [0.29, 0.717) is 35.3 Å². The zero-order chi connectivity index (χ0) is 14.3. The maximum Gasteiger partial charge on any atom is 0.347 e. The fraction of sp³-hybridized carbons (Fsp3) is 0.231. The third-order valence-corrected chi connectivity index (χ3v) is 4.57. The summed E-state index contributed by atoms with van der Waals surface area (Å²) in [5, 5.41) is 9.58. The summed E-state index contributed by atoms with van der Waals surface area (Å²) in [6, 6.07) is 3.35. The molecule has 2 aromatic rings. The summed E-state index contributed by atoms with van der Waals surface area (Å²) in [7, 11) is 0.